The van der Waals surface area contributed by atoms with Crippen molar-refractivity contribution in [3.63, 3.8) is 0 Å². The van der Waals surface area contributed by atoms with Crippen molar-refractivity contribution in [1.29, 1.82) is 0 Å². The maximum Gasteiger partial charge on any atom is 0.319 e. The van der Waals surface area contributed by atoms with Crippen LogP contribution < -0.4 is 0 Å². The number of amides is 3. The molecule has 1 aromatic carbocycles. The highest BCUT2D eigenvalue weighted by Gasteiger charge is 2.24. The fraction of sp³-hybridized carbons (Fsp3) is 0.429. The molecule has 6 nitrogen and oxygen atoms in total. The molecule has 0 fully saturated rings. The second kappa shape index (κ2) is 9.92. The lowest BCUT2D eigenvalue weighted by Gasteiger charge is -2.30. The van der Waals surface area contributed by atoms with E-state index in [1.54, 1.807) is 54.4 Å². The Morgan fingerprint density at radius 1 is 1.04 bits per heavy atom. The van der Waals surface area contributed by atoms with E-state index >= 15 is 0 Å². The molecule has 0 aliphatic heterocycles. The van der Waals surface area contributed by atoms with Gasteiger partial charge in [-0.2, -0.15) is 0 Å². The van der Waals surface area contributed by atoms with E-state index in [0.29, 0.717) is 18.8 Å². The lowest BCUT2D eigenvalue weighted by molar-refractivity contribution is -0.133. The summed E-state index contributed by atoms with van der Waals surface area (Å²) in [5.74, 6) is 0.348. The van der Waals surface area contributed by atoms with Gasteiger partial charge in [-0.15, -0.1) is 0 Å². The molecule has 0 aliphatic rings. The summed E-state index contributed by atoms with van der Waals surface area (Å²) in [6, 6.07) is 9.38. The van der Waals surface area contributed by atoms with E-state index in [9.17, 15) is 14.0 Å². The van der Waals surface area contributed by atoms with Crippen molar-refractivity contribution in [2.75, 3.05) is 27.2 Å². The van der Waals surface area contributed by atoms with Gasteiger partial charge in [0.2, 0.25) is 5.91 Å². The molecule has 1 heterocycles. The molecule has 0 radical (unpaired) electrons. The predicted octanol–water partition coefficient (Wildman–Crippen LogP) is 3.59. The first kappa shape index (κ1) is 21.5. The van der Waals surface area contributed by atoms with Crippen molar-refractivity contribution in [2.24, 2.45) is 5.92 Å². The average molecular weight is 389 g/mol. The molecule has 0 unspecified atom stereocenters. The summed E-state index contributed by atoms with van der Waals surface area (Å²) in [6.45, 7) is 5.02. The minimum Gasteiger partial charge on any atom is -0.467 e. The van der Waals surface area contributed by atoms with Crippen LogP contribution in [0.1, 0.15) is 25.2 Å². The number of carbonyl (C=O) groups excluding carboxylic acids is 2. The standard InChI is InChI=1S/C21H28FN3O3/c1-16(2)12-25(21(27)23(3)4)15-20(26)24(14-19-6-5-11-28-19)13-17-7-9-18(22)10-8-17/h5-11,16H,12-15H2,1-4H3. The number of carbonyl (C=O) groups is 2. The molecule has 152 valence electrons. The lowest BCUT2D eigenvalue weighted by Crippen LogP contribution is -2.47. The van der Waals surface area contributed by atoms with E-state index in [4.69, 9.17) is 4.42 Å². The van der Waals surface area contributed by atoms with E-state index in [-0.39, 0.29) is 36.8 Å². The Hall–Kier alpha value is -2.83. The number of rotatable bonds is 8. The summed E-state index contributed by atoms with van der Waals surface area (Å²) in [4.78, 5) is 30.2. The molecule has 0 aliphatic carbocycles. The Bertz CT molecular complexity index is 758. The van der Waals surface area contributed by atoms with Gasteiger partial charge in [0.05, 0.1) is 12.8 Å². The van der Waals surface area contributed by atoms with E-state index in [0.717, 1.165) is 5.56 Å². The Morgan fingerprint density at radius 2 is 1.71 bits per heavy atom. The third kappa shape index (κ3) is 6.40. The lowest BCUT2D eigenvalue weighted by atomic mass is 10.2. The van der Waals surface area contributed by atoms with Gasteiger partial charge in [0.1, 0.15) is 18.1 Å². The SMILES string of the molecule is CC(C)CN(CC(=O)N(Cc1ccc(F)cc1)Cc1ccco1)C(=O)N(C)C. The van der Waals surface area contributed by atoms with Crippen LogP contribution in [0.25, 0.3) is 0 Å². The maximum atomic E-state index is 13.2. The molecule has 3 amide bonds. The zero-order chi connectivity index (χ0) is 20.7. The van der Waals surface area contributed by atoms with Crippen molar-refractivity contribution >= 4 is 11.9 Å². The highest BCUT2D eigenvalue weighted by Crippen LogP contribution is 2.13. The van der Waals surface area contributed by atoms with E-state index < -0.39 is 0 Å². The number of benzene rings is 1. The molecule has 0 saturated heterocycles. The van der Waals surface area contributed by atoms with Crippen LogP contribution in [0.4, 0.5) is 9.18 Å². The first-order valence-corrected chi connectivity index (χ1v) is 9.27. The number of nitrogens with zero attached hydrogens (tertiary/aromatic N) is 3. The normalized spacial score (nSPS) is 10.8. The highest BCUT2D eigenvalue weighted by molar-refractivity contribution is 5.84. The van der Waals surface area contributed by atoms with Crippen LogP contribution in [-0.2, 0) is 17.9 Å². The molecule has 2 rings (SSSR count). The molecule has 0 saturated carbocycles. The van der Waals surface area contributed by atoms with Gasteiger partial charge in [-0.05, 0) is 35.7 Å². The molecule has 0 bridgehead atoms. The Morgan fingerprint density at radius 3 is 2.25 bits per heavy atom. The molecular formula is C21H28FN3O3. The van der Waals surface area contributed by atoms with Crippen LogP contribution in [0.15, 0.2) is 47.1 Å². The largest absolute Gasteiger partial charge is 0.467 e. The number of hydrogen-bond donors (Lipinski definition) is 0. The Kier molecular flexibility index (Phi) is 7.61. The monoisotopic (exact) mass is 389 g/mol. The quantitative estimate of drug-likeness (QED) is 0.693. The van der Waals surface area contributed by atoms with Crippen LogP contribution in [0, 0.1) is 11.7 Å². The molecule has 2 aromatic rings. The van der Waals surface area contributed by atoms with Gasteiger partial charge in [0, 0.05) is 27.2 Å². The molecule has 7 heteroatoms. The fourth-order valence-electron chi connectivity index (χ4n) is 2.83. The van der Waals surface area contributed by atoms with E-state index in [1.807, 2.05) is 13.8 Å². The number of urea groups is 1. The van der Waals surface area contributed by atoms with Crippen LogP contribution in [0.2, 0.25) is 0 Å². The molecule has 0 spiro atoms. The van der Waals surface area contributed by atoms with Crippen molar-refractivity contribution in [2.45, 2.75) is 26.9 Å². The smallest absolute Gasteiger partial charge is 0.319 e. The highest BCUT2D eigenvalue weighted by atomic mass is 19.1. The number of halogens is 1. The van der Waals surface area contributed by atoms with Crippen LogP contribution in [-0.4, -0.2) is 53.8 Å². The van der Waals surface area contributed by atoms with Crippen LogP contribution in [0.5, 0.6) is 0 Å². The summed E-state index contributed by atoms with van der Waals surface area (Å²) < 4.78 is 18.6. The zero-order valence-electron chi connectivity index (χ0n) is 16.9. The van der Waals surface area contributed by atoms with Gasteiger partial charge in [0.25, 0.3) is 0 Å². The second-order valence-corrected chi connectivity index (χ2v) is 7.41. The third-order valence-electron chi connectivity index (χ3n) is 4.13. The summed E-state index contributed by atoms with van der Waals surface area (Å²) in [5.41, 5.74) is 0.802. The first-order valence-electron chi connectivity index (χ1n) is 9.27. The van der Waals surface area contributed by atoms with Gasteiger partial charge in [-0.1, -0.05) is 26.0 Å². The van der Waals surface area contributed by atoms with Gasteiger partial charge in [0.15, 0.2) is 0 Å². The topological polar surface area (TPSA) is 57.0 Å². The first-order chi connectivity index (χ1) is 13.3. The van der Waals surface area contributed by atoms with Crippen LogP contribution in [0.3, 0.4) is 0 Å². The van der Waals surface area contributed by atoms with Crippen molar-refractivity contribution in [1.82, 2.24) is 14.7 Å². The fourth-order valence-corrected chi connectivity index (χ4v) is 2.83. The van der Waals surface area contributed by atoms with Gasteiger partial charge >= 0.3 is 6.03 Å². The summed E-state index contributed by atoms with van der Waals surface area (Å²) >= 11 is 0. The van der Waals surface area contributed by atoms with Gasteiger partial charge in [-0.3, -0.25) is 4.79 Å². The zero-order valence-corrected chi connectivity index (χ0v) is 16.9. The molecule has 0 N–H and O–H groups in total. The van der Waals surface area contributed by atoms with E-state index in [2.05, 4.69) is 0 Å². The maximum absolute atomic E-state index is 13.2. The Labute approximate surface area is 165 Å². The van der Waals surface area contributed by atoms with Crippen molar-refractivity contribution < 1.29 is 18.4 Å². The van der Waals surface area contributed by atoms with Crippen LogP contribution >= 0.6 is 0 Å². The summed E-state index contributed by atoms with van der Waals surface area (Å²) in [6.07, 6.45) is 1.55. The summed E-state index contributed by atoms with van der Waals surface area (Å²) in [7, 11) is 3.33. The average Bonchev–Trinajstić information content (AvgIpc) is 3.14. The third-order valence-corrected chi connectivity index (χ3v) is 4.13. The molecule has 28 heavy (non-hydrogen) atoms. The minimum absolute atomic E-state index is 0.0307. The van der Waals surface area contributed by atoms with Gasteiger partial charge < -0.3 is 19.1 Å². The molecular weight excluding hydrogens is 361 g/mol. The molecule has 1 aromatic heterocycles. The van der Waals surface area contributed by atoms with E-state index in [1.165, 1.54) is 17.0 Å². The van der Waals surface area contributed by atoms with Crippen molar-refractivity contribution in [3.05, 3.63) is 59.8 Å². The number of hydrogen-bond acceptors (Lipinski definition) is 3. The van der Waals surface area contributed by atoms with Crippen molar-refractivity contribution in [3.8, 4) is 0 Å². The second-order valence-electron chi connectivity index (χ2n) is 7.41. The minimum atomic E-state index is -0.327. The Balaban J connectivity index is 2.18. The summed E-state index contributed by atoms with van der Waals surface area (Å²) in [5, 5.41) is 0. The van der Waals surface area contributed by atoms with Gasteiger partial charge in [-0.25, -0.2) is 9.18 Å². The predicted molar refractivity (Wildman–Crippen MR) is 105 cm³/mol. The molecule has 0 atom stereocenters. The number of furan rings is 1.